The third kappa shape index (κ3) is 4.78. The summed E-state index contributed by atoms with van der Waals surface area (Å²) in [6.45, 7) is 0. The molecule has 5 aromatic heterocycles. The zero-order valence-corrected chi connectivity index (χ0v) is 27.1. The summed E-state index contributed by atoms with van der Waals surface area (Å²) in [4.78, 5) is 7.57. The average molecular weight is 693 g/mol. The Hall–Kier alpha value is -2.79. The minimum absolute atomic E-state index is 0.128. The predicted octanol–water partition coefficient (Wildman–Crippen LogP) is 10.5. The second-order valence-electron chi connectivity index (χ2n) is 9.39. The summed E-state index contributed by atoms with van der Waals surface area (Å²) >= 11 is 10.7. The molecule has 2 aromatic carbocycles. The number of halogens is 1. The molecule has 7 aromatic rings. The Kier molecular flexibility index (Phi) is 7.35. The summed E-state index contributed by atoms with van der Waals surface area (Å²) in [5, 5.41) is 5.54. The lowest BCUT2D eigenvalue weighted by molar-refractivity contribution is 0.587. The lowest BCUT2D eigenvalue weighted by atomic mass is 9.93. The van der Waals surface area contributed by atoms with Crippen molar-refractivity contribution in [1.82, 2.24) is 3.97 Å². The number of fused-ring (bicyclic) bond motifs is 1. The molecule has 0 amide bonds. The van der Waals surface area contributed by atoms with Gasteiger partial charge in [0, 0.05) is 40.0 Å². The van der Waals surface area contributed by atoms with Crippen LogP contribution >= 0.6 is 61.3 Å². The topological polar surface area (TPSA) is 39.1 Å². The monoisotopic (exact) mass is 691 g/mol. The van der Waals surface area contributed by atoms with E-state index in [2.05, 4.69) is 81.3 Å². The smallest absolute Gasteiger partial charge is 0.237 e. The Morgan fingerprint density at radius 1 is 0.659 bits per heavy atom. The van der Waals surface area contributed by atoms with Gasteiger partial charge in [-0.05, 0) is 70.9 Å². The molecule has 0 saturated heterocycles. The Bertz CT molecular complexity index is 1980. The lowest BCUT2D eigenvalue weighted by Gasteiger charge is -2.17. The molecule has 0 fully saturated rings. The SMILES string of the molecule is O=S(=O)(c1ccccc1)n1c(CBr)c(C(c2ccc(-c3cccs3)s2)c2ccc(-c3cccs3)s2)c2ccccc21. The number of nitrogens with zero attached hydrogens (tertiary/aromatic N) is 1. The van der Waals surface area contributed by atoms with Crippen molar-refractivity contribution in [3.05, 3.63) is 135 Å². The van der Waals surface area contributed by atoms with Gasteiger partial charge in [-0.25, -0.2) is 12.4 Å². The number of hydrogen-bond acceptors (Lipinski definition) is 6. The van der Waals surface area contributed by atoms with Crippen molar-refractivity contribution in [2.24, 2.45) is 0 Å². The highest BCUT2D eigenvalue weighted by atomic mass is 79.9. The fourth-order valence-electron chi connectivity index (χ4n) is 5.25. The maximum atomic E-state index is 14.2. The van der Waals surface area contributed by atoms with Gasteiger partial charge in [0.25, 0.3) is 10.0 Å². The van der Waals surface area contributed by atoms with Gasteiger partial charge in [0.2, 0.25) is 0 Å². The molecular weight excluding hydrogens is 671 g/mol. The Morgan fingerprint density at radius 3 is 1.80 bits per heavy atom. The van der Waals surface area contributed by atoms with Crippen LogP contribution in [0.1, 0.15) is 26.9 Å². The molecule has 0 radical (unpaired) electrons. The zero-order valence-electron chi connectivity index (χ0n) is 21.4. The van der Waals surface area contributed by atoms with Crippen molar-refractivity contribution in [1.29, 1.82) is 0 Å². The van der Waals surface area contributed by atoms with E-state index in [0.717, 1.165) is 16.6 Å². The van der Waals surface area contributed by atoms with E-state index in [1.54, 1.807) is 73.6 Å². The number of thiophene rings is 4. The molecule has 3 nitrogen and oxygen atoms in total. The third-order valence-corrected chi connectivity index (χ3v) is 13.7. The van der Waals surface area contributed by atoms with Gasteiger partial charge in [0.05, 0.1) is 22.0 Å². The van der Waals surface area contributed by atoms with Crippen LogP contribution in [0.5, 0.6) is 0 Å². The van der Waals surface area contributed by atoms with Crippen molar-refractivity contribution in [3.63, 3.8) is 0 Å². The van der Waals surface area contributed by atoms with E-state index >= 15 is 0 Å². The van der Waals surface area contributed by atoms with Crippen LogP contribution in [0, 0.1) is 0 Å². The maximum absolute atomic E-state index is 14.2. The van der Waals surface area contributed by atoms with E-state index in [9.17, 15) is 8.42 Å². The highest BCUT2D eigenvalue weighted by molar-refractivity contribution is 9.08. The lowest BCUT2D eigenvalue weighted by Crippen LogP contribution is -2.16. The third-order valence-electron chi connectivity index (χ3n) is 7.02. The quantitative estimate of drug-likeness (QED) is 0.149. The van der Waals surface area contributed by atoms with Crippen LogP contribution in [0.15, 0.2) is 119 Å². The van der Waals surface area contributed by atoms with Gasteiger partial charge >= 0.3 is 0 Å². The first-order valence-electron chi connectivity index (χ1n) is 12.8. The number of alkyl halides is 1. The Balaban J connectivity index is 1.50. The summed E-state index contributed by atoms with van der Waals surface area (Å²) in [6, 6.07) is 33.9. The normalized spacial score (nSPS) is 12.0. The molecule has 5 heterocycles. The molecule has 0 aliphatic rings. The zero-order chi connectivity index (χ0) is 28.0. The van der Waals surface area contributed by atoms with E-state index in [-0.39, 0.29) is 10.8 Å². The first kappa shape index (κ1) is 27.1. The molecule has 0 N–H and O–H groups in total. The fraction of sp³-hybridized carbons (Fsp3) is 0.0625. The molecule has 41 heavy (non-hydrogen) atoms. The van der Waals surface area contributed by atoms with Crippen LogP contribution in [-0.4, -0.2) is 12.4 Å². The van der Waals surface area contributed by atoms with Crippen molar-refractivity contribution in [3.8, 4) is 19.5 Å². The van der Waals surface area contributed by atoms with E-state index < -0.39 is 10.0 Å². The molecule has 0 spiro atoms. The molecule has 7 rings (SSSR count). The van der Waals surface area contributed by atoms with Gasteiger partial charge in [-0.15, -0.1) is 45.3 Å². The van der Waals surface area contributed by atoms with Gasteiger partial charge in [-0.1, -0.05) is 64.5 Å². The van der Waals surface area contributed by atoms with Crippen LogP contribution in [0.4, 0.5) is 0 Å². The summed E-state index contributed by atoms with van der Waals surface area (Å²) in [7, 11) is -3.85. The fourth-order valence-corrected chi connectivity index (χ4v) is 11.6. The molecule has 0 bridgehead atoms. The molecular formula is C32H22BrNO2S5. The van der Waals surface area contributed by atoms with Gasteiger partial charge in [-0.2, -0.15) is 0 Å². The van der Waals surface area contributed by atoms with Gasteiger partial charge in [0.15, 0.2) is 0 Å². The van der Waals surface area contributed by atoms with Gasteiger partial charge in [0.1, 0.15) is 0 Å². The number of hydrogen-bond donors (Lipinski definition) is 0. The molecule has 0 saturated carbocycles. The minimum Gasteiger partial charge on any atom is -0.237 e. The number of rotatable bonds is 8. The largest absolute Gasteiger partial charge is 0.268 e. The first-order chi connectivity index (χ1) is 20.1. The van der Waals surface area contributed by atoms with Crippen LogP contribution < -0.4 is 0 Å². The first-order valence-corrected chi connectivity index (χ1v) is 18.8. The van der Waals surface area contributed by atoms with Crippen LogP contribution in [0.2, 0.25) is 0 Å². The van der Waals surface area contributed by atoms with Crippen molar-refractivity contribution >= 4 is 82.2 Å². The minimum atomic E-state index is -3.85. The molecule has 0 unspecified atom stereocenters. The van der Waals surface area contributed by atoms with E-state index in [1.165, 1.54) is 29.3 Å². The summed E-state index contributed by atoms with van der Waals surface area (Å²) in [6.07, 6.45) is 0. The van der Waals surface area contributed by atoms with Crippen molar-refractivity contribution in [2.75, 3.05) is 0 Å². The van der Waals surface area contributed by atoms with Crippen LogP contribution in [0.3, 0.4) is 0 Å². The molecule has 0 atom stereocenters. The molecule has 204 valence electrons. The molecule has 9 heteroatoms. The number of benzene rings is 2. The maximum Gasteiger partial charge on any atom is 0.268 e. The summed E-state index contributed by atoms with van der Waals surface area (Å²) in [5.41, 5.74) is 2.46. The van der Waals surface area contributed by atoms with E-state index in [0.29, 0.717) is 10.8 Å². The molecule has 0 aliphatic carbocycles. The highest BCUT2D eigenvalue weighted by Crippen LogP contribution is 2.48. The van der Waals surface area contributed by atoms with Gasteiger partial charge < -0.3 is 0 Å². The van der Waals surface area contributed by atoms with Crippen molar-refractivity contribution in [2.45, 2.75) is 16.1 Å². The van der Waals surface area contributed by atoms with E-state index in [4.69, 9.17) is 0 Å². The summed E-state index contributed by atoms with van der Waals surface area (Å²) in [5.74, 6) is -0.128. The van der Waals surface area contributed by atoms with Crippen molar-refractivity contribution < 1.29 is 8.42 Å². The standard InChI is InChI=1S/C32H22BrNO2S5/c33-20-24-31(22-10-4-5-11-23(22)34(24)41(35,36)21-8-2-1-3-9-21)32(29-16-14-27(39-29)25-12-6-18-37-25)30-17-15-28(40-30)26-13-7-19-38-26/h1-19,32H,20H2. The van der Waals surface area contributed by atoms with Crippen LogP contribution in [0.25, 0.3) is 30.4 Å². The highest BCUT2D eigenvalue weighted by Gasteiger charge is 2.32. The molecule has 0 aliphatic heterocycles. The Morgan fingerprint density at radius 2 is 1.24 bits per heavy atom. The number of para-hydroxylation sites is 1. The number of aromatic nitrogens is 1. The Labute approximate surface area is 263 Å². The van der Waals surface area contributed by atoms with Gasteiger partial charge in [-0.3, -0.25) is 0 Å². The second kappa shape index (κ2) is 11.1. The predicted molar refractivity (Wildman–Crippen MR) is 180 cm³/mol. The average Bonchev–Trinajstić information content (AvgIpc) is 3.84. The van der Waals surface area contributed by atoms with Crippen LogP contribution in [-0.2, 0) is 15.4 Å². The van der Waals surface area contributed by atoms with E-state index in [1.807, 2.05) is 24.3 Å². The summed E-state index contributed by atoms with van der Waals surface area (Å²) < 4.78 is 30.0. The second-order valence-corrected chi connectivity index (χ2v) is 15.9.